The maximum Gasteiger partial charge on any atom is 0.238 e. The summed E-state index contributed by atoms with van der Waals surface area (Å²) in [5, 5.41) is 3.25. The lowest BCUT2D eigenvalue weighted by Crippen LogP contribution is -2.39. The van der Waals surface area contributed by atoms with Crippen LogP contribution in [0.15, 0.2) is 18.2 Å². The van der Waals surface area contributed by atoms with Gasteiger partial charge in [0.1, 0.15) is 0 Å². The predicted molar refractivity (Wildman–Crippen MR) is 81.4 cm³/mol. The number of carbonyl (C=O) groups is 1. The fourth-order valence-electron chi connectivity index (χ4n) is 1.70. The van der Waals surface area contributed by atoms with Crippen LogP contribution in [0.2, 0.25) is 5.02 Å². The molecule has 1 aromatic carbocycles. The van der Waals surface area contributed by atoms with E-state index < -0.39 is 0 Å². The molecule has 0 saturated heterocycles. The molecule has 0 aliphatic rings. The summed E-state index contributed by atoms with van der Waals surface area (Å²) in [5.74, 6) is 0.416. The lowest BCUT2D eigenvalue weighted by molar-refractivity contribution is -0.117. The Morgan fingerprint density at radius 3 is 2.58 bits per heavy atom. The van der Waals surface area contributed by atoms with E-state index in [0.717, 1.165) is 0 Å². The highest BCUT2D eigenvalue weighted by molar-refractivity contribution is 6.34. The van der Waals surface area contributed by atoms with Crippen molar-refractivity contribution in [2.75, 3.05) is 24.6 Å². The molecule has 1 amide bonds. The van der Waals surface area contributed by atoms with Gasteiger partial charge in [-0.1, -0.05) is 25.4 Å². The Bertz CT molecular complexity index is 448. The lowest BCUT2D eigenvalue weighted by Gasteiger charge is -2.27. The molecule has 0 aromatic heterocycles. The largest absolute Gasteiger partial charge is 0.399 e. The van der Waals surface area contributed by atoms with Gasteiger partial charge in [0, 0.05) is 11.7 Å². The minimum absolute atomic E-state index is 0.0818. The fourth-order valence-corrected chi connectivity index (χ4v) is 1.94. The van der Waals surface area contributed by atoms with Crippen LogP contribution in [-0.4, -0.2) is 30.4 Å². The molecule has 1 atom stereocenters. The van der Waals surface area contributed by atoms with Gasteiger partial charge >= 0.3 is 0 Å². The Balaban J connectivity index is 2.60. The van der Waals surface area contributed by atoms with Gasteiger partial charge in [-0.3, -0.25) is 9.69 Å². The highest BCUT2D eigenvalue weighted by Gasteiger charge is 2.16. The van der Waals surface area contributed by atoms with Crippen LogP contribution < -0.4 is 11.1 Å². The molecule has 0 aliphatic heterocycles. The summed E-state index contributed by atoms with van der Waals surface area (Å²) in [6.45, 7) is 6.71. The van der Waals surface area contributed by atoms with Gasteiger partial charge < -0.3 is 11.1 Å². The highest BCUT2D eigenvalue weighted by Crippen LogP contribution is 2.24. The number of hydrogen-bond donors (Lipinski definition) is 2. The van der Waals surface area contributed by atoms with E-state index in [1.807, 2.05) is 11.9 Å². The van der Waals surface area contributed by atoms with Crippen LogP contribution in [0.5, 0.6) is 0 Å². The zero-order chi connectivity index (χ0) is 14.6. The van der Waals surface area contributed by atoms with Crippen molar-refractivity contribution in [1.29, 1.82) is 0 Å². The maximum atomic E-state index is 11.9. The highest BCUT2D eigenvalue weighted by atomic mass is 35.5. The van der Waals surface area contributed by atoms with Gasteiger partial charge in [0.05, 0.1) is 17.3 Å². The summed E-state index contributed by atoms with van der Waals surface area (Å²) in [4.78, 5) is 14.0. The zero-order valence-electron chi connectivity index (χ0n) is 11.9. The Kier molecular flexibility index (Phi) is 5.63. The molecular formula is C14H22ClN3O. The first-order valence-electron chi connectivity index (χ1n) is 6.36. The third-order valence-corrected chi connectivity index (χ3v) is 3.63. The van der Waals surface area contributed by atoms with Crippen LogP contribution in [0.4, 0.5) is 11.4 Å². The first-order chi connectivity index (χ1) is 8.81. The number of rotatable bonds is 5. The minimum atomic E-state index is -0.0818. The Hall–Kier alpha value is -1.26. The standard InChI is InChI=1S/C14H22ClN3O/c1-9(2)10(3)18(4)8-14(19)17-13-6-5-11(16)7-12(13)15/h5-7,9-10H,8,16H2,1-4H3,(H,17,19). The van der Waals surface area contributed by atoms with E-state index >= 15 is 0 Å². The molecule has 1 rings (SSSR count). The molecule has 5 heteroatoms. The third kappa shape index (κ3) is 4.73. The SMILES string of the molecule is CC(C)C(C)N(C)CC(=O)Nc1ccc(N)cc1Cl. The van der Waals surface area contributed by atoms with Gasteiger partial charge in [0.2, 0.25) is 5.91 Å². The first-order valence-corrected chi connectivity index (χ1v) is 6.74. The van der Waals surface area contributed by atoms with Crippen LogP contribution in [0.25, 0.3) is 0 Å². The van der Waals surface area contributed by atoms with Crippen molar-refractivity contribution in [3.8, 4) is 0 Å². The summed E-state index contributed by atoms with van der Waals surface area (Å²) in [6.07, 6.45) is 0. The predicted octanol–water partition coefficient (Wildman–Crippen LogP) is 2.84. The Labute approximate surface area is 119 Å². The number of halogens is 1. The molecule has 0 heterocycles. The van der Waals surface area contributed by atoms with Crippen molar-refractivity contribution in [2.45, 2.75) is 26.8 Å². The molecule has 4 nitrogen and oxygen atoms in total. The summed E-state index contributed by atoms with van der Waals surface area (Å²) in [5.41, 5.74) is 6.77. The molecule has 0 saturated carbocycles. The number of likely N-dealkylation sites (N-methyl/N-ethyl adjacent to an activating group) is 1. The second kappa shape index (κ2) is 6.78. The normalized spacial score (nSPS) is 12.8. The van der Waals surface area contributed by atoms with Crippen molar-refractivity contribution >= 4 is 28.9 Å². The van der Waals surface area contributed by atoms with Crippen LogP contribution in [0.3, 0.4) is 0 Å². The average Bonchev–Trinajstić information content (AvgIpc) is 2.31. The van der Waals surface area contributed by atoms with Crippen molar-refractivity contribution < 1.29 is 4.79 Å². The van der Waals surface area contributed by atoms with Crippen molar-refractivity contribution in [2.24, 2.45) is 5.92 Å². The molecule has 3 N–H and O–H groups in total. The summed E-state index contributed by atoms with van der Waals surface area (Å²) < 4.78 is 0. The van der Waals surface area contributed by atoms with E-state index in [4.69, 9.17) is 17.3 Å². The number of benzene rings is 1. The molecule has 0 aliphatic carbocycles. The lowest BCUT2D eigenvalue weighted by atomic mass is 10.1. The zero-order valence-corrected chi connectivity index (χ0v) is 12.7. The number of hydrogen-bond acceptors (Lipinski definition) is 3. The van der Waals surface area contributed by atoms with Crippen LogP contribution in [0.1, 0.15) is 20.8 Å². The molecule has 0 fully saturated rings. The summed E-state index contributed by atoms with van der Waals surface area (Å²) in [7, 11) is 1.94. The van der Waals surface area contributed by atoms with Crippen molar-refractivity contribution in [1.82, 2.24) is 4.90 Å². The third-order valence-electron chi connectivity index (χ3n) is 3.32. The maximum absolute atomic E-state index is 11.9. The van der Waals surface area contributed by atoms with Gasteiger partial charge in [0.25, 0.3) is 0 Å². The first kappa shape index (κ1) is 15.8. The van der Waals surface area contributed by atoms with E-state index in [9.17, 15) is 4.79 Å². The molecule has 1 unspecified atom stereocenters. The summed E-state index contributed by atoms with van der Waals surface area (Å²) >= 11 is 6.01. The van der Waals surface area contributed by atoms with E-state index in [2.05, 4.69) is 26.1 Å². The van der Waals surface area contributed by atoms with Crippen molar-refractivity contribution in [3.05, 3.63) is 23.2 Å². The molecule has 106 valence electrons. The van der Waals surface area contributed by atoms with E-state index in [1.165, 1.54) is 0 Å². The monoisotopic (exact) mass is 283 g/mol. The van der Waals surface area contributed by atoms with Crippen molar-refractivity contribution in [3.63, 3.8) is 0 Å². The molecule has 19 heavy (non-hydrogen) atoms. The van der Waals surface area contributed by atoms with Gasteiger partial charge in [-0.05, 0) is 38.1 Å². The molecule has 1 aromatic rings. The molecule has 0 bridgehead atoms. The molecule has 0 spiro atoms. The second-order valence-corrected chi connectivity index (χ2v) is 5.59. The van der Waals surface area contributed by atoms with Gasteiger partial charge in [-0.25, -0.2) is 0 Å². The number of nitrogens with one attached hydrogen (secondary N) is 1. The fraction of sp³-hybridized carbons (Fsp3) is 0.500. The topological polar surface area (TPSA) is 58.4 Å². The van der Waals surface area contributed by atoms with Crippen LogP contribution >= 0.6 is 11.6 Å². The number of amides is 1. The van der Waals surface area contributed by atoms with E-state index in [1.54, 1.807) is 18.2 Å². The average molecular weight is 284 g/mol. The quantitative estimate of drug-likeness (QED) is 0.817. The number of nitrogens with zero attached hydrogens (tertiary/aromatic N) is 1. The number of anilines is 2. The number of nitrogens with two attached hydrogens (primary N) is 1. The molecule has 0 radical (unpaired) electrons. The summed E-state index contributed by atoms with van der Waals surface area (Å²) in [6, 6.07) is 5.38. The second-order valence-electron chi connectivity index (χ2n) is 5.19. The van der Waals surface area contributed by atoms with Gasteiger partial charge in [-0.2, -0.15) is 0 Å². The van der Waals surface area contributed by atoms with Gasteiger partial charge in [0.15, 0.2) is 0 Å². The Morgan fingerprint density at radius 1 is 1.42 bits per heavy atom. The van der Waals surface area contributed by atoms with Crippen LogP contribution in [-0.2, 0) is 4.79 Å². The molecular weight excluding hydrogens is 262 g/mol. The van der Waals surface area contributed by atoms with Crippen LogP contribution in [0, 0.1) is 5.92 Å². The minimum Gasteiger partial charge on any atom is -0.399 e. The Morgan fingerprint density at radius 2 is 2.05 bits per heavy atom. The number of nitrogen functional groups attached to an aromatic ring is 1. The smallest absolute Gasteiger partial charge is 0.238 e. The van der Waals surface area contributed by atoms with E-state index in [-0.39, 0.29) is 5.91 Å². The number of carbonyl (C=O) groups excluding carboxylic acids is 1. The van der Waals surface area contributed by atoms with E-state index in [0.29, 0.717) is 34.9 Å². The van der Waals surface area contributed by atoms with Gasteiger partial charge in [-0.15, -0.1) is 0 Å².